The summed E-state index contributed by atoms with van der Waals surface area (Å²) in [5, 5.41) is 0. The summed E-state index contributed by atoms with van der Waals surface area (Å²) in [6.45, 7) is 18.6. The molecule has 2 aromatic rings. The van der Waals surface area contributed by atoms with E-state index in [-0.39, 0.29) is 5.41 Å². The SMILES string of the molecule is CCCCCN(CCCCC)c1ccc(C(C)(C)c2ccc(N(CCCCC)CCCCC)cc2)cc1. The topological polar surface area (TPSA) is 6.48 Å². The van der Waals surface area contributed by atoms with Crippen molar-refractivity contribution in [2.24, 2.45) is 0 Å². The number of rotatable bonds is 20. The minimum Gasteiger partial charge on any atom is -0.372 e. The van der Waals surface area contributed by atoms with Gasteiger partial charge in [0.2, 0.25) is 0 Å². The van der Waals surface area contributed by atoms with Gasteiger partial charge in [-0.25, -0.2) is 0 Å². The Labute approximate surface area is 230 Å². The normalized spacial score (nSPS) is 11.6. The fourth-order valence-corrected chi connectivity index (χ4v) is 5.30. The van der Waals surface area contributed by atoms with Crippen LogP contribution in [0.15, 0.2) is 48.5 Å². The Kier molecular flexibility index (Phi) is 14.8. The molecule has 0 fully saturated rings. The molecular weight excluding hydrogens is 448 g/mol. The fourth-order valence-electron chi connectivity index (χ4n) is 5.30. The standard InChI is InChI=1S/C35H58N2/c1-7-11-15-27-36(28-16-12-8-2)33-23-19-31(20-24-33)35(5,6)32-21-25-34(26-22-32)37(29-17-13-9-3)30-18-14-10-4/h19-26H,7-18,27-30H2,1-6H3. The summed E-state index contributed by atoms with van der Waals surface area (Å²) in [6, 6.07) is 19.0. The third-order valence-corrected chi connectivity index (χ3v) is 8.03. The van der Waals surface area contributed by atoms with E-state index in [0.29, 0.717) is 0 Å². The lowest BCUT2D eigenvalue weighted by Gasteiger charge is -2.30. The number of unbranched alkanes of at least 4 members (excludes halogenated alkanes) is 8. The third-order valence-electron chi connectivity index (χ3n) is 8.03. The van der Waals surface area contributed by atoms with Gasteiger partial charge >= 0.3 is 0 Å². The minimum atomic E-state index is -0.0123. The molecule has 0 saturated heterocycles. The van der Waals surface area contributed by atoms with Gasteiger partial charge in [-0.3, -0.25) is 0 Å². The lowest BCUT2D eigenvalue weighted by Crippen LogP contribution is -2.26. The van der Waals surface area contributed by atoms with Gasteiger partial charge in [0.15, 0.2) is 0 Å². The maximum atomic E-state index is 2.61. The van der Waals surface area contributed by atoms with Crippen LogP contribution >= 0.6 is 0 Å². The van der Waals surface area contributed by atoms with Crippen molar-refractivity contribution in [2.75, 3.05) is 36.0 Å². The lowest BCUT2D eigenvalue weighted by molar-refractivity contribution is 0.629. The molecule has 0 saturated carbocycles. The zero-order valence-electron chi connectivity index (χ0n) is 25.3. The van der Waals surface area contributed by atoms with Crippen LogP contribution < -0.4 is 9.80 Å². The Morgan fingerprint density at radius 3 is 0.946 bits per heavy atom. The summed E-state index contributed by atoms with van der Waals surface area (Å²) in [6.07, 6.45) is 15.6. The van der Waals surface area contributed by atoms with Crippen LogP contribution in [0.5, 0.6) is 0 Å². The molecule has 0 aliphatic carbocycles. The van der Waals surface area contributed by atoms with E-state index in [1.54, 1.807) is 0 Å². The average molecular weight is 507 g/mol. The Morgan fingerprint density at radius 1 is 0.432 bits per heavy atom. The molecule has 0 aromatic heterocycles. The van der Waals surface area contributed by atoms with Gasteiger partial charge in [0.05, 0.1) is 0 Å². The van der Waals surface area contributed by atoms with E-state index in [1.165, 1.54) is 126 Å². The summed E-state index contributed by atoms with van der Waals surface area (Å²) >= 11 is 0. The van der Waals surface area contributed by atoms with Crippen LogP contribution in [-0.4, -0.2) is 26.2 Å². The highest BCUT2D eigenvalue weighted by molar-refractivity contribution is 5.53. The molecule has 0 amide bonds. The number of hydrogen-bond acceptors (Lipinski definition) is 2. The smallest absolute Gasteiger partial charge is 0.0366 e. The van der Waals surface area contributed by atoms with E-state index in [2.05, 4.69) is 99.9 Å². The molecular formula is C35H58N2. The highest BCUT2D eigenvalue weighted by Crippen LogP contribution is 2.34. The second-order valence-electron chi connectivity index (χ2n) is 11.5. The van der Waals surface area contributed by atoms with E-state index in [9.17, 15) is 0 Å². The molecule has 0 atom stereocenters. The quantitative estimate of drug-likeness (QED) is 0.165. The highest BCUT2D eigenvalue weighted by Gasteiger charge is 2.23. The summed E-state index contributed by atoms with van der Waals surface area (Å²) in [4.78, 5) is 5.23. The van der Waals surface area contributed by atoms with Gasteiger partial charge in [-0.1, -0.05) is 117 Å². The zero-order chi connectivity index (χ0) is 26.9. The Hall–Kier alpha value is -1.96. The summed E-state index contributed by atoms with van der Waals surface area (Å²) < 4.78 is 0. The monoisotopic (exact) mass is 506 g/mol. The third kappa shape index (κ3) is 10.4. The first kappa shape index (κ1) is 31.3. The molecule has 2 rings (SSSR count). The Balaban J connectivity index is 2.14. The lowest BCUT2D eigenvalue weighted by atomic mass is 9.78. The predicted molar refractivity (Wildman–Crippen MR) is 168 cm³/mol. The summed E-state index contributed by atoms with van der Waals surface area (Å²) in [5.74, 6) is 0. The van der Waals surface area contributed by atoms with Crippen LogP contribution in [0.3, 0.4) is 0 Å². The maximum Gasteiger partial charge on any atom is 0.0366 e. The summed E-state index contributed by atoms with van der Waals surface area (Å²) in [5.41, 5.74) is 5.55. The van der Waals surface area contributed by atoms with Crippen LogP contribution in [0.25, 0.3) is 0 Å². The van der Waals surface area contributed by atoms with Crippen molar-refractivity contribution in [3.05, 3.63) is 59.7 Å². The maximum absolute atomic E-state index is 2.61. The van der Waals surface area contributed by atoms with Gasteiger partial charge in [0, 0.05) is 43.0 Å². The zero-order valence-corrected chi connectivity index (χ0v) is 25.3. The molecule has 0 aliphatic rings. The van der Waals surface area contributed by atoms with Crippen molar-refractivity contribution >= 4 is 11.4 Å². The Morgan fingerprint density at radius 2 is 0.703 bits per heavy atom. The molecule has 0 heterocycles. The van der Waals surface area contributed by atoms with Gasteiger partial charge in [0.25, 0.3) is 0 Å². The van der Waals surface area contributed by atoms with E-state index in [0.717, 1.165) is 0 Å². The number of anilines is 2. The first-order valence-corrected chi connectivity index (χ1v) is 15.7. The molecule has 0 spiro atoms. The van der Waals surface area contributed by atoms with Crippen molar-refractivity contribution in [1.82, 2.24) is 0 Å². The minimum absolute atomic E-state index is 0.0123. The molecule has 208 valence electrons. The van der Waals surface area contributed by atoms with Crippen LogP contribution in [0, 0.1) is 0 Å². The molecule has 0 aliphatic heterocycles. The van der Waals surface area contributed by atoms with Crippen molar-refractivity contribution < 1.29 is 0 Å². The molecule has 0 N–H and O–H groups in total. The summed E-state index contributed by atoms with van der Waals surface area (Å²) in [7, 11) is 0. The van der Waals surface area contributed by atoms with E-state index >= 15 is 0 Å². The molecule has 0 bridgehead atoms. The molecule has 2 nitrogen and oxygen atoms in total. The van der Waals surface area contributed by atoms with Crippen molar-refractivity contribution in [3.8, 4) is 0 Å². The van der Waals surface area contributed by atoms with Crippen LogP contribution in [0.2, 0.25) is 0 Å². The van der Waals surface area contributed by atoms with Crippen LogP contribution in [-0.2, 0) is 5.41 Å². The van der Waals surface area contributed by atoms with Gasteiger partial charge in [-0.2, -0.15) is 0 Å². The Bertz CT molecular complexity index is 732. The van der Waals surface area contributed by atoms with Gasteiger partial charge in [-0.05, 0) is 61.1 Å². The van der Waals surface area contributed by atoms with E-state index < -0.39 is 0 Å². The predicted octanol–water partition coefficient (Wildman–Crippen LogP) is 10.4. The van der Waals surface area contributed by atoms with Crippen molar-refractivity contribution in [1.29, 1.82) is 0 Å². The van der Waals surface area contributed by atoms with Gasteiger partial charge in [0.1, 0.15) is 0 Å². The largest absolute Gasteiger partial charge is 0.372 e. The molecule has 0 unspecified atom stereocenters. The van der Waals surface area contributed by atoms with Crippen molar-refractivity contribution in [2.45, 2.75) is 124 Å². The van der Waals surface area contributed by atoms with E-state index in [4.69, 9.17) is 0 Å². The fraction of sp³-hybridized carbons (Fsp3) is 0.657. The van der Waals surface area contributed by atoms with Crippen LogP contribution in [0.4, 0.5) is 11.4 Å². The van der Waals surface area contributed by atoms with Crippen molar-refractivity contribution in [3.63, 3.8) is 0 Å². The number of hydrogen-bond donors (Lipinski definition) is 0. The van der Waals surface area contributed by atoms with E-state index in [1.807, 2.05) is 0 Å². The molecule has 0 radical (unpaired) electrons. The van der Waals surface area contributed by atoms with Gasteiger partial charge in [-0.15, -0.1) is 0 Å². The second-order valence-corrected chi connectivity index (χ2v) is 11.5. The number of benzene rings is 2. The molecule has 37 heavy (non-hydrogen) atoms. The van der Waals surface area contributed by atoms with Crippen LogP contribution in [0.1, 0.15) is 130 Å². The van der Waals surface area contributed by atoms with Gasteiger partial charge < -0.3 is 9.80 Å². The second kappa shape index (κ2) is 17.5. The first-order valence-electron chi connectivity index (χ1n) is 15.7. The first-order chi connectivity index (χ1) is 18.0. The average Bonchev–Trinajstić information content (AvgIpc) is 2.92. The molecule has 2 heteroatoms. The molecule has 2 aromatic carbocycles. The highest BCUT2D eigenvalue weighted by atomic mass is 15.1. The number of nitrogens with zero attached hydrogens (tertiary/aromatic N) is 2.